The molecule has 0 saturated heterocycles. The number of aryl methyl sites for hydroxylation is 1. The molecule has 0 unspecified atom stereocenters. The van der Waals surface area contributed by atoms with E-state index in [2.05, 4.69) is 10.3 Å². The van der Waals surface area contributed by atoms with Gasteiger partial charge in [-0.2, -0.15) is 0 Å². The molecular weight excluding hydrogens is 248 g/mol. The second-order valence-corrected chi connectivity index (χ2v) is 6.44. The van der Waals surface area contributed by atoms with Gasteiger partial charge in [0.2, 0.25) is 5.91 Å². The Morgan fingerprint density at radius 2 is 2.05 bits per heavy atom. The number of hydrogen-bond acceptors (Lipinski definition) is 2. The number of pyridine rings is 1. The van der Waals surface area contributed by atoms with E-state index in [-0.39, 0.29) is 11.9 Å². The smallest absolute Gasteiger partial charge is 0.220 e. The minimum atomic E-state index is 0.129. The average molecular weight is 272 g/mol. The second kappa shape index (κ2) is 5.94. The van der Waals surface area contributed by atoms with Crippen molar-refractivity contribution in [1.29, 1.82) is 0 Å². The molecule has 2 fully saturated rings. The predicted molar refractivity (Wildman–Crippen MR) is 79.2 cm³/mol. The molecule has 0 aliphatic heterocycles. The van der Waals surface area contributed by atoms with Crippen LogP contribution in [0.1, 0.15) is 62.4 Å². The number of carbonyl (C=O) groups is 1. The van der Waals surface area contributed by atoms with Crippen LogP contribution in [0.4, 0.5) is 0 Å². The Kier molecular flexibility index (Phi) is 4.04. The van der Waals surface area contributed by atoms with E-state index in [4.69, 9.17) is 0 Å². The Labute approximate surface area is 121 Å². The van der Waals surface area contributed by atoms with Gasteiger partial charge in [-0.05, 0) is 56.6 Å². The number of carbonyl (C=O) groups excluding carboxylic acids is 1. The molecule has 3 rings (SSSR count). The summed E-state index contributed by atoms with van der Waals surface area (Å²) in [6.45, 7) is 2.01. The Balaban J connectivity index is 1.63. The van der Waals surface area contributed by atoms with Crippen LogP contribution >= 0.6 is 0 Å². The van der Waals surface area contributed by atoms with E-state index < -0.39 is 0 Å². The maximum Gasteiger partial charge on any atom is 0.220 e. The summed E-state index contributed by atoms with van der Waals surface area (Å²) in [5.41, 5.74) is 2.06. The summed E-state index contributed by atoms with van der Waals surface area (Å²) >= 11 is 0. The third kappa shape index (κ3) is 3.38. The zero-order valence-corrected chi connectivity index (χ0v) is 12.3. The SMILES string of the molecule is Cc1cccc([C@@H](NC(=O)CC2CCCC2)C2CC2)n1. The third-order valence-electron chi connectivity index (χ3n) is 4.59. The van der Waals surface area contributed by atoms with E-state index in [1.807, 2.05) is 25.1 Å². The Bertz CT molecular complexity index is 476. The first-order valence-electron chi connectivity index (χ1n) is 7.95. The van der Waals surface area contributed by atoms with Crippen molar-refractivity contribution in [1.82, 2.24) is 10.3 Å². The van der Waals surface area contributed by atoms with Gasteiger partial charge in [0.15, 0.2) is 0 Å². The summed E-state index contributed by atoms with van der Waals surface area (Å²) in [5.74, 6) is 1.43. The lowest BCUT2D eigenvalue weighted by molar-refractivity contribution is -0.122. The van der Waals surface area contributed by atoms with Crippen LogP contribution in [0.3, 0.4) is 0 Å². The van der Waals surface area contributed by atoms with Gasteiger partial charge in [-0.1, -0.05) is 18.9 Å². The molecule has 1 heterocycles. The van der Waals surface area contributed by atoms with Crippen LogP contribution < -0.4 is 5.32 Å². The second-order valence-electron chi connectivity index (χ2n) is 6.44. The van der Waals surface area contributed by atoms with E-state index in [0.717, 1.165) is 11.4 Å². The summed E-state index contributed by atoms with van der Waals surface area (Å²) in [4.78, 5) is 16.9. The molecule has 2 saturated carbocycles. The van der Waals surface area contributed by atoms with Crippen molar-refractivity contribution >= 4 is 5.91 Å². The van der Waals surface area contributed by atoms with E-state index in [9.17, 15) is 4.79 Å². The first-order chi connectivity index (χ1) is 9.72. The summed E-state index contributed by atoms with van der Waals surface area (Å²) in [5, 5.41) is 3.25. The number of aromatic nitrogens is 1. The highest BCUT2D eigenvalue weighted by Crippen LogP contribution is 2.40. The van der Waals surface area contributed by atoms with Gasteiger partial charge in [-0.3, -0.25) is 9.78 Å². The summed E-state index contributed by atoms with van der Waals surface area (Å²) in [6.07, 6.45) is 8.17. The molecule has 1 N–H and O–H groups in total. The number of rotatable bonds is 5. The average Bonchev–Trinajstić information content (AvgIpc) is 3.14. The molecule has 20 heavy (non-hydrogen) atoms. The fraction of sp³-hybridized carbons (Fsp3) is 0.647. The molecule has 0 aromatic carbocycles. The summed E-state index contributed by atoms with van der Waals surface area (Å²) < 4.78 is 0. The molecule has 3 nitrogen and oxygen atoms in total. The van der Waals surface area contributed by atoms with E-state index in [0.29, 0.717) is 18.3 Å². The lowest BCUT2D eigenvalue weighted by atomic mass is 10.0. The minimum Gasteiger partial charge on any atom is -0.347 e. The van der Waals surface area contributed by atoms with Gasteiger partial charge in [-0.15, -0.1) is 0 Å². The van der Waals surface area contributed by atoms with Crippen molar-refractivity contribution in [3.05, 3.63) is 29.6 Å². The maximum atomic E-state index is 12.3. The van der Waals surface area contributed by atoms with Crippen molar-refractivity contribution in [3.63, 3.8) is 0 Å². The van der Waals surface area contributed by atoms with Crippen molar-refractivity contribution < 1.29 is 4.79 Å². The van der Waals surface area contributed by atoms with Crippen LogP contribution in [0.5, 0.6) is 0 Å². The fourth-order valence-electron chi connectivity index (χ4n) is 3.31. The fourth-order valence-corrected chi connectivity index (χ4v) is 3.31. The zero-order valence-electron chi connectivity index (χ0n) is 12.3. The van der Waals surface area contributed by atoms with Crippen LogP contribution in [0.2, 0.25) is 0 Å². The lowest BCUT2D eigenvalue weighted by Gasteiger charge is -2.19. The molecule has 3 heteroatoms. The van der Waals surface area contributed by atoms with Gasteiger partial charge >= 0.3 is 0 Å². The van der Waals surface area contributed by atoms with Gasteiger partial charge in [-0.25, -0.2) is 0 Å². The van der Waals surface area contributed by atoms with Gasteiger partial charge < -0.3 is 5.32 Å². The van der Waals surface area contributed by atoms with Crippen molar-refractivity contribution in [3.8, 4) is 0 Å². The van der Waals surface area contributed by atoms with E-state index in [1.54, 1.807) is 0 Å². The molecular formula is C17H24N2O. The third-order valence-corrected chi connectivity index (χ3v) is 4.59. The number of amides is 1. The Morgan fingerprint density at radius 1 is 1.30 bits per heavy atom. The monoisotopic (exact) mass is 272 g/mol. The largest absolute Gasteiger partial charge is 0.347 e. The minimum absolute atomic E-state index is 0.129. The molecule has 0 bridgehead atoms. The van der Waals surface area contributed by atoms with Crippen molar-refractivity contribution in [2.45, 2.75) is 57.9 Å². The highest BCUT2D eigenvalue weighted by molar-refractivity contribution is 5.76. The molecule has 2 aliphatic rings. The molecule has 1 aromatic heterocycles. The first-order valence-corrected chi connectivity index (χ1v) is 7.95. The number of nitrogens with one attached hydrogen (secondary N) is 1. The predicted octanol–water partition coefficient (Wildman–Crippen LogP) is 3.54. The summed E-state index contributed by atoms with van der Waals surface area (Å²) in [7, 11) is 0. The molecule has 1 atom stereocenters. The van der Waals surface area contributed by atoms with E-state index >= 15 is 0 Å². The lowest BCUT2D eigenvalue weighted by Crippen LogP contribution is -2.31. The Morgan fingerprint density at radius 3 is 2.70 bits per heavy atom. The molecule has 1 aromatic rings. The quantitative estimate of drug-likeness (QED) is 0.891. The van der Waals surface area contributed by atoms with Gasteiger partial charge in [0, 0.05) is 12.1 Å². The molecule has 0 radical (unpaired) electrons. The van der Waals surface area contributed by atoms with Crippen LogP contribution in [0.15, 0.2) is 18.2 Å². The highest BCUT2D eigenvalue weighted by atomic mass is 16.1. The van der Waals surface area contributed by atoms with Gasteiger partial charge in [0.1, 0.15) is 0 Å². The number of nitrogens with zero attached hydrogens (tertiary/aromatic N) is 1. The molecule has 1 amide bonds. The topological polar surface area (TPSA) is 42.0 Å². The first kappa shape index (κ1) is 13.6. The number of hydrogen-bond donors (Lipinski definition) is 1. The maximum absolute atomic E-state index is 12.3. The van der Waals surface area contributed by atoms with Gasteiger partial charge in [0.05, 0.1) is 11.7 Å². The van der Waals surface area contributed by atoms with Gasteiger partial charge in [0.25, 0.3) is 0 Å². The van der Waals surface area contributed by atoms with Crippen LogP contribution in [0.25, 0.3) is 0 Å². The standard InChI is InChI=1S/C17H24N2O/c1-12-5-4-8-15(18-12)17(14-9-10-14)19-16(20)11-13-6-2-3-7-13/h4-5,8,13-14,17H,2-3,6-7,9-11H2,1H3,(H,19,20)/t17-/m0/s1. The molecule has 0 spiro atoms. The normalized spacial score (nSPS) is 20.9. The van der Waals surface area contributed by atoms with Crippen LogP contribution in [-0.2, 0) is 4.79 Å². The van der Waals surface area contributed by atoms with Crippen LogP contribution in [0, 0.1) is 18.8 Å². The van der Waals surface area contributed by atoms with E-state index in [1.165, 1.54) is 38.5 Å². The summed E-state index contributed by atoms with van der Waals surface area (Å²) in [6, 6.07) is 6.22. The Hall–Kier alpha value is -1.38. The van der Waals surface area contributed by atoms with Crippen molar-refractivity contribution in [2.24, 2.45) is 11.8 Å². The molecule has 2 aliphatic carbocycles. The highest BCUT2D eigenvalue weighted by Gasteiger charge is 2.34. The zero-order chi connectivity index (χ0) is 13.9. The van der Waals surface area contributed by atoms with Crippen molar-refractivity contribution in [2.75, 3.05) is 0 Å². The van der Waals surface area contributed by atoms with Crippen LogP contribution in [-0.4, -0.2) is 10.9 Å². The molecule has 108 valence electrons.